The van der Waals surface area contributed by atoms with Gasteiger partial charge in [0.1, 0.15) is 5.03 Å². The van der Waals surface area contributed by atoms with Crippen LogP contribution in [0.25, 0.3) is 0 Å². The lowest BCUT2D eigenvalue weighted by molar-refractivity contribution is -0.140. The minimum Gasteiger partial charge on any atom is -0.310 e. The normalized spacial score (nSPS) is 14.3. The molecular weight excluding hydrogens is 373 g/mol. The number of amides is 1. The van der Waals surface area contributed by atoms with Crippen molar-refractivity contribution < 1.29 is 18.0 Å². The van der Waals surface area contributed by atoms with Crippen LogP contribution in [0.5, 0.6) is 0 Å². The minimum absolute atomic E-state index is 0.134. The molecule has 8 heteroatoms. The number of para-hydroxylation sites is 1. The molecule has 0 saturated heterocycles. The average Bonchev–Trinajstić information content (AvgIpc) is 2.59. The lowest BCUT2D eigenvalue weighted by Gasteiger charge is -2.30. The van der Waals surface area contributed by atoms with Crippen molar-refractivity contribution in [3.05, 3.63) is 52.7 Å². The quantitative estimate of drug-likeness (QED) is 0.709. The maximum atomic E-state index is 13.0. The second kappa shape index (κ2) is 7.25. The molecule has 3 rings (SSSR count). The zero-order chi connectivity index (χ0) is 18.0. The fourth-order valence-corrected chi connectivity index (χ4v) is 3.97. The number of alkyl halides is 3. The molecule has 0 saturated carbocycles. The van der Waals surface area contributed by atoms with Crippen LogP contribution in [0.2, 0.25) is 5.02 Å². The lowest BCUT2D eigenvalue weighted by Crippen LogP contribution is -2.37. The summed E-state index contributed by atoms with van der Waals surface area (Å²) in [5.74, 6) is -0.414. The zero-order valence-electron chi connectivity index (χ0n) is 13.0. The van der Waals surface area contributed by atoms with Gasteiger partial charge in [0.05, 0.1) is 22.0 Å². The van der Waals surface area contributed by atoms with Gasteiger partial charge in [0, 0.05) is 12.7 Å². The summed E-state index contributed by atoms with van der Waals surface area (Å²) in [5.41, 5.74) is 0.814. The highest BCUT2D eigenvalue weighted by atomic mass is 35.5. The summed E-state index contributed by atoms with van der Waals surface area (Å²) in [5, 5.41) is 0.282. The number of benzene rings is 1. The zero-order valence-corrected chi connectivity index (χ0v) is 14.6. The molecule has 0 atom stereocenters. The topological polar surface area (TPSA) is 33.2 Å². The molecule has 0 unspecified atom stereocenters. The lowest BCUT2D eigenvalue weighted by atomic mass is 10.0. The fraction of sp³-hybridized carbons (Fsp3) is 0.294. The van der Waals surface area contributed by atoms with Gasteiger partial charge in [0.15, 0.2) is 0 Å². The third-order valence-corrected chi connectivity index (χ3v) is 5.17. The number of aryl methyl sites for hydroxylation is 1. The number of hydrogen-bond acceptors (Lipinski definition) is 3. The van der Waals surface area contributed by atoms with Gasteiger partial charge in [0.2, 0.25) is 5.91 Å². The number of aromatic nitrogens is 1. The standard InChI is InChI=1S/C17H14ClF3N2OS/c18-13-7-1-4-11-5-3-9-23(15(11)13)14(24)10-25-16-12(17(19,20)21)6-2-8-22-16/h1-2,4,6-8H,3,5,9-10H2. The number of carbonyl (C=O) groups excluding carboxylic acids is 1. The van der Waals surface area contributed by atoms with Gasteiger partial charge in [0.25, 0.3) is 0 Å². The molecule has 0 aliphatic carbocycles. The molecule has 0 bridgehead atoms. The molecule has 25 heavy (non-hydrogen) atoms. The molecule has 1 aliphatic rings. The Morgan fingerprint density at radius 2 is 2.08 bits per heavy atom. The van der Waals surface area contributed by atoms with Crippen LogP contribution in [0.3, 0.4) is 0 Å². The average molecular weight is 387 g/mol. The minimum atomic E-state index is -4.50. The summed E-state index contributed by atoms with van der Waals surface area (Å²) in [6.45, 7) is 0.504. The number of anilines is 1. The Kier molecular flexibility index (Phi) is 5.24. The van der Waals surface area contributed by atoms with E-state index in [1.54, 1.807) is 11.0 Å². The Morgan fingerprint density at radius 3 is 2.84 bits per heavy atom. The van der Waals surface area contributed by atoms with E-state index in [1.165, 1.54) is 12.3 Å². The number of rotatable bonds is 3. The first-order chi connectivity index (χ1) is 11.9. The first kappa shape index (κ1) is 18.1. The number of fused-ring (bicyclic) bond motifs is 1. The number of thioether (sulfide) groups is 1. The molecule has 1 aromatic heterocycles. The first-order valence-corrected chi connectivity index (χ1v) is 8.97. The van der Waals surface area contributed by atoms with E-state index in [0.29, 0.717) is 17.3 Å². The van der Waals surface area contributed by atoms with E-state index >= 15 is 0 Å². The van der Waals surface area contributed by atoms with Gasteiger partial charge >= 0.3 is 6.18 Å². The van der Waals surface area contributed by atoms with E-state index in [0.717, 1.165) is 36.2 Å². The van der Waals surface area contributed by atoms with Gasteiger partial charge in [-0.05, 0) is 36.6 Å². The third-order valence-electron chi connectivity index (χ3n) is 3.88. The van der Waals surface area contributed by atoms with E-state index in [9.17, 15) is 18.0 Å². The molecule has 0 spiro atoms. The molecule has 1 amide bonds. The number of pyridine rings is 1. The monoisotopic (exact) mass is 386 g/mol. The van der Waals surface area contributed by atoms with Crippen molar-refractivity contribution in [1.29, 1.82) is 0 Å². The highest BCUT2D eigenvalue weighted by Gasteiger charge is 2.34. The maximum Gasteiger partial charge on any atom is 0.419 e. The summed E-state index contributed by atoms with van der Waals surface area (Å²) < 4.78 is 39.0. The predicted molar refractivity (Wildman–Crippen MR) is 92.1 cm³/mol. The SMILES string of the molecule is O=C(CSc1ncccc1C(F)(F)F)N1CCCc2cccc(Cl)c21. The van der Waals surface area contributed by atoms with Crippen molar-refractivity contribution in [2.45, 2.75) is 24.0 Å². The summed E-state index contributed by atoms with van der Waals surface area (Å²) in [6, 6.07) is 7.64. The van der Waals surface area contributed by atoms with Crippen LogP contribution >= 0.6 is 23.4 Å². The van der Waals surface area contributed by atoms with Crippen molar-refractivity contribution in [2.24, 2.45) is 0 Å². The van der Waals surface area contributed by atoms with E-state index in [1.807, 2.05) is 12.1 Å². The molecule has 0 N–H and O–H groups in total. The number of carbonyl (C=O) groups is 1. The molecule has 0 fully saturated rings. The van der Waals surface area contributed by atoms with Crippen LogP contribution in [-0.2, 0) is 17.4 Å². The Hall–Kier alpha value is -1.73. The van der Waals surface area contributed by atoms with E-state index in [-0.39, 0.29) is 16.7 Å². The fourth-order valence-electron chi connectivity index (χ4n) is 2.78. The van der Waals surface area contributed by atoms with Crippen LogP contribution in [-0.4, -0.2) is 23.2 Å². The Morgan fingerprint density at radius 1 is 1.28 bits per heavy atom. The van der Waals surface area contributed by atoms with Gasteiger partial charge in [-0.25, -0.2) is 4.98 Å². The highest BCUT2D eigenvalue weighted by Crippen LogP contribution is 2.37. The van der Waals surface area contributed by atoms with Crippen LogP contribution in [0.4, 0.5) is 18.9 Å². The highest BCUT2D eigenvalue weighted by molar-refractivity contribution is 8.00. The molecule has 3 nitrogen and oxygen atoms in total. The second-order valence-corrected chi connectivity index (χ2v) is 6.91. The van der Waals surface area contributed by atoms with Crippen LogP contribution in [0.1, 0.15) is 17.5 Å². The predicted octanol–water partition coefficient (Wildman–Crippen LogP) is 4.83. The van der Waals surface area contributed by atoms with Crippen molar-refractivity contribution >= 4 is 35.0 Å². The van der Waals surface area contributed by atoms with Crippen molar-refractivity contribution in [3.63, 3.8) is 0 Å². The summed E-state index contributed by atoms with van der Waals surface area (Å²) in [4.78, 5) is 17.9. The van der Waals surface area contributed by atoms with Crippen molar-refractivity contribution in [3.8, 4) is 0 Å². The number of nitrogens with zero attached hydrogens (tertiary/aromatic N) is 2. The molecule has 2 heterocycles. The Balaban J connectivity index is 1.78. The number of hydrogen-bond donors (Lipinski definition) is 0. The summed E-state index contributed by atoms with van der Waals surface area (Å²) >= 11 is 7.01. The number of halogens is 4. The van der Waals surface area contributed by atoms with E-state index in [2.05, 4.69) is 4.98 Å². The van der Waals surface area contributed by atoms with Gasteiger partial charge in [-0.15, -0.1) is 0 Å². The maximum absolute atomic E-state index is 13.0. The summed E-state index contributed by atoms with van der Waals surface area (Å²) in [6.07, 6.45) is -1.60. The molecule has 0 radical (unpaired) electrons. The van der Waals surface area contributed by atoms with Crippen LogP contribution < -0.4 is 4.90 Å². The molecular formula is C17H14ClF3N2OS. The Labute approximate surface area is 152 Å². The molecule has 1 aromatic carbocycles. The van der Waals surface area contributed by atoms with Crippen LogP contribution in [0, 0.1) is 0 Å². The van der Waals surface area contributed by atoms with Gasteiger partial charge in [-0.3, -0.25) is 4.79 Å². The first-order valence-electron chi connectivity index (χ1n) is 7.60. The van der Waals surface area contributed by atoms with Crippen molar-refractivity contribution in [1.82, 2.24) is 4.98 Å². The summed E-state index contributed by atoms with van der Waals surface area (Å²) in [7, 11) is 0. The van der Waals surface area contributed by atoms with E-state index < -0.39 is 11.7 Å². The van der Waals surface area contributed by atoms with E-state index in [4.69, 9.17) is 11.6 Å². The van der Waals surface area contributed by atoms with Gasteiger partial charge in [-0.2, -0.15) is 13.2 Å². The molecule has 132 valence electrons. The van der Waals surface area contributed by atoms with Gasteiger partial charge in [-0.1, -0.05) is 35.5 Å². The van der Waals surface area contributed by atoms with Crippen molar-refractivity contribution in [2.75, 3.05) is 17.2 Å². The third kappa shape index (κ3) is 3.93. The largest absolute Gasteiger partial charge is 0.419 e. The van der Waals surface area contributed by atoms with Gasteiger partial charge < -0.3 is 4.90 Å². The van der Waals surface area contributed by atoms with Crippen LogP contribution in [0.15, 0.2) is 41.6 Å². The molecule has 1 aliphatic heterocycles. The smallest absolute Gasteiger partial charge is 0.310 e. The molecule has 2 aromatic rings. The second-order valence-electron chi connectivity index (χ2n) is 5.54. The Bertz CT molecular complexity index is 798.